The number of hydrogen-bond donors (Lipinski definition) is 1. The van der Waals surface area contributed by atoms with Gasteiger partial charge in [0, 0.05) is 18.9 Å². The third-order valence-electron chi connectivity index (χ3n) is 3.72. The number of ether oxygens (including phenoxy) is 2. The molecule has 16 heavy (non-hydrogen) atoms. The zero-order chi connectivity index (χ0) is 11.4. The highest BCUT2D eigenvalue weighted by Gasteiger charge is 2.39. The van der Waals surface area contributed by atoms with E-state index in [9.17, 15) is 0 Å². The van der Waals surface area contributed by atoms with Gasteiger partial charge in [0.25, 0.3) is 0 Å². The van der Waals surface area contributed by atoms with Gasteiger partial charge < -0.3 is 14.8 Å². The zero-order valence-corrected chi connectivity index (χ0v) is 10.6. The van der Waals surface area contributed by atoms with Gasteiger partial charge in [-0.1, -0.05) is 13.8 Å². The van der Waals surface area contributed by atoms with Crippen molar-refractivity contribution in [2.45, 2.75) is 57.8 Å². The third-order valence-corrected chi connectivity index (χ3v) is 3.72. The lowest BCUT2D eigenvalue weighted by molar-refractivity contribution is -0.179. The Labute approximate surface area is 98.9 Å². The molecule has 1 spiro atoms. The molecule has 0 aromatic carbocycles. The van der Waals surface area contributed by atoms with Crippen LogP contribution in [0.15, 0.2) is 0 Å². The minimum atomic E-state index is -0.198. The molecule has 1 saturated heterocycles. The number of hydrogen-bond acceptors (Lipinski definition) is 3. The van der Waals surface area contributed by atoms with Crippen molar-refractivity contribution >= 4 is 0 Å². The second-order valence-corrected chi connectivity index (χ2v) is 5.52. The standard InChI is InChI=1S/C13H25NO2/c1-11(2)5-8-14-12-3-6-13(7-4-12)15-9-10-16-13/h11-12,14H,3-10H2,1-2H3. The van der Waals surface area contributed by atoms with Crippen LogP contribution in [0.25, 0.3) is 0 Å². The van der Waals surface area contributed by atoms with E-state index in [0.717, 1.165) is 38.5 Å². The Kier molecular flexibility index (Phi) is 4.22. The molecule has 0 aromatic rings. The molecule has 2 fully saturated rings. The molecule has 0 amide bonds. The number of rotatable bonds is 4. The summed E-state index contributed by atoms with van der Waals surface area (Å²) >= 11 is 0. The Hall–Kier alpha value is -0.120. The molecule has 1 aliphatic heterocycles. The second-order valence-electron chi connectivity index (χ2n) is 5.52. The lowest BCUT2D eigenvalue weighted by atomic mass is 9.90. The highest BCUT2D eigenvalue weighted by Crippen LogP contribution is 2.35. The first-order chi connectivity index (χ1) is 7.70. The van der Waals surface area contributed by atoms with Crippen LogP contribution in [-0.4, -0.2) is 31.6 Å². The summed E-state index contributed by atoms with van der Waals surface area (Å²) in [6, 6.07) is 0.678. The highest BCUT2D eigenvalue weighted by atomic mass is 16.7. The van der Waals surface area contributed by atoms with Crippen LogP contribution >= 0.6 is 0 Å². The van der Waals surface area contributed by atoms with Gasteiger partial charge in [0.15, 0.2) is 5.79 Å². The molecular weight excluding hydrogens is 202 g/mol. The van der Waals surface area contributed by atoms with Crippen molar-refractivity contribution in [2.24, 2.45) is 5.92 Å². The molecule has 0 bridgehead atoms. The normalized spacial score (nSPS) is 25.7. The summed E-state index contributed by atoms with van der Waals surface area (Å²) in [5.41, 5.74) is 0. The lowest BCUT2D eigenvalue weighted by Crippen LogP contribution is -2.42. The monoisotopic (exact) mass is 227 g/mol. The average Bonchev–Trinajstić information content (AvgIpc) is 2.70. The predicted molar refractivity (Wildman–Crippen MR) is 64.3 cm³/mol. The Morgan fingerprint density at radius 1 is 1.19 bits per heavy atom. The summed E-state index contributed by atoms with van der Waals surface area (Å²) in [6.07, 6.45) is 5.78. The molecule has 2 rings (SSSR count). The maximum absolute atomic E-state index is 5.72. The molecule has 0 aromatic heterocycles. The van der Waals surface area contributed by atoms with E-state index in [1.54, 1.807) is 0 Å². The van der Waals surface area contributed by atoms with Gasteiger partial charge in [-0.25, -0.2) is 0 Å². The van der Waals surface area contributed by atoms with Crippen LogP contribution in [0.5, 0.6) is 0 Å². The molecule has 0 unspecified atom stereocenters. The van der Waals surface area contributed by atoms with E-state index >= 15 is 0 Å². The number of nitrogens with one attached hydrogen (secondary N) is 1. The topological polar surface area (TPSA) is 30.5 Å². The Morgan fingerprint density at radius 2 is 1.81 bits per heavy atom. The molecule has 1 saturated carbocycles. The lowest BCUT2D eigenvalue weighted by Gasteiger charge is -2.35. The van der Waals surface area contributed by atoms with Crippen molar-refractivity contribution in [1.82, 2.24) is 5.32 Å². The third kappa shape index (κ3) is 3.19. The van der Waals surface area contributed by atoms with Gasteiger partial charge in [-0.3, -0.25) is 0 Å². The smallest absolute Gasteiger partial charge is 0.168 e. The average molecular weight is 227 g/mol. The van der Waals surface area contributed by atoms with Crippen LogP contribution in [0.2, 0.25) is 0 Å². The van der Waals surface area contributed by atoms with Crippen LogP contribution in [0.1, 0.15) is 46.0 Å². The predicted octanol–water partition coefficient (Wildman–Crippen LogP) is 2.31. The largest absolute Gasteiger partial charge is 0.348 e. The Bertz CT molecular complexity index is 202. The summed E-state index contributed by atoms with van der Waals surface area (Å²) in [4.78, 5) is 0. The molecule has 94 valence electrons. The van der Waals surface area contributed by atoms with E-state index in [4.69, 9.17) is 9.47 Å². The fraction of sp³-hybridized carbons (Fsp3) is 1.00. The van der Waals surface area contributed by atoms with E-state index in [1.807, 2.05) is 0 Å². The fourth-order valence-corrected chi connectivity index (χ4v) is 2.62. The van der Waals surface area contributed by atoms with Gasteiger partial charge in [-0.15, -0.1) is 0 Å². The van der Waals surface area contributed by atoms with Gasteiger partial charge in [0.2, 0.25) is 0 Å². The van der Waals surface area contributed by atoms with Crippen molar-refractivity contribution in [3.63, 3.8) is 0 Å². The van der Waals surface area contributed by atoms with Crippen LogP contribution in [-0.2, 0) is 9.47 Å². The summed E-state index contributed by atoms with van der Waals surface area (Å²) < 4.78 is 11.4. The molecule has 0 radical (unpaired) electrons. The van der Waals surface area contributed by atoms with Crippen molar-refractivity contribution in [3.8, 4) is 0 Å². The van der Waals surface area contributed by atoms with E-state index in [-0.39, 0.29) is 5.79 Å². The maximum Gasteiger partial charge on any atom is 0.168 e. The Balaban J connectivity index is 1.65. The molecule has 0 atom stereocenters. The van der Waals surface area contributed by atoms with E-state index < -0.39 is 0 Å². The summed E-state index contributed by atoms with van der Waals surface area (Å²) in [5, 5.41) is 3.65. The van der Waals surface area contributed by atoms with Crippen molar-refractivity contribution in [1.29, 1.82) is 0 Å². The first-order valence-electron chi connectivity index (χ1n) is 6.71. The van der Waals surface area contributed by atoms with Crippen LogP contribution in [0.4, 0.5) is 0 Å². The van der Waals surface area contributed by atoms with Crippen LogP contribution in [0.3, 0.4) is 0 Å². The SMILES string of the molecule is CC(C)CCNC1CCC2(CC1)OCCO2. The van der Waals surface area contributed by atoms with E-state index in [2.05, 4.69) is 19.2 Å². The van der Waals surface area contributed by atoms with Gasteiger partial charge in [-0.2, -0.15) is 0 Å². The summed E-state index contributed by atoms with van der Waals surface area (Å²) in [7, 11) is 0. The molecule has 1 N–H and O–H groups in total. The first kappa shape index (κ1) is 12.3. The van der Waals surface area contributed by atoms with Gasteiger partial charge in [0.05, 0.1) is 13.2 Å². The highest BCUT2D eigenvalue weighted by molar-refractivity contribution is 4.85. The molecule has 1 heterocycles. The first-order valence-corrected chi connectivity index (χ1v) is 6.71. The van der Waals surface area contributed by atoms with Crippen molar-refractivity contribution in [2.75, 3.05) is 19.8 Å². The van der Waals surface area contributed by atoms with E-state index in [0.29, 0.717) is 6.04 Å². The van der Waals surface area contributed by atoms with Crippen molar-refractivity contribution in [3.05, 3.63) is 0 Å². The molecule has 3 nitrogen and oxygen atoms in total. The van der Waals surface area contributed by atoms with Gasteiger partial charge in [0.1, 0.15) is 0 Å². The maximum atomic E-state index is 5.72. The molecule has 2 aliphatic rings. The van der Waals surface area contributed by atoms with E-state index in [1.165, 1.54) is 19.3 Å². The summed E-state index contributed by atoms with van der Waals surface area (Å²) in [6.45, 7) is 7.27. The molecule has 1 aliphatic carbocycles. The fourth-order valence-electron chi connectivity index (χ4n) is 2.62. The van der Waals surface area contributed by atoms with Crippen molar-refractivity contribution < 1.29 is 9.47 Å². The minimum Gasteiger partial charge on any atom is -0.348 e. The van der Waals surface area contributed by atoms with Gasteiger partial charge in [-0.05, 0) is 31.7 Å². The zero-order valence-electron chi connectivity index (χ0n) is 10.6. The second kappa shape index (κ2) is 5.48. The molecular formula is C13H25NO2. The minimum absolute atomic E-state index is 0.198. The Morgan fingerprint density at radius 3 is 2.38 bits per heavy atom. The quantitative estimate of drug-likeness (QED) is 0.799. The van der Waals surface area contributed by atoms with Gasteiger partial charge >= 0.3 is 0 Å². The van der Waals surface area contributed by atoms with Crippen LogP contribution in [0, 0.1) is 5.92 Å². The molecule has 3 heteroatoms. The van der Waals surface area contributed by atoms with Crippen LogP contribution < -0.4 is 5.32 Å². The summed E-state index contributed by atoms with van der Waals surface area (Å²) in [5.74, 6) is 0.597.